The summed E-state index contributed by atoms with van der Waals surface area (Å²) in [6.07, 6.45) is 5.67. The van der Waals surface area contributed by atoms with Crippen molar-refractivity contribution in [2.75, 3.05) is 13.2 Å². The summed E-state index contributed by atoms with van der Waals surface area (Å²) >= 11 is 0. The minimum atomic E-state index is 0.0299. The lowest BCUT2D eigenvalue weighted by Gasteiger charge is -2.16. The van der Waals surface area contributed by atoms with E-state index in [0.29, 0.717) is 12.5 Å². The van der Waals surface area contributed by atoms with Crippen molar-refractivity contribution in [1.29, 1.82) is 0 Å². The van der Waals surface area contributed by atoms with Crippen LogP contribution in [0.4, 0.5) is 0 Å². The van der Waals surface area contributed by atoms with Crippen LogP contribution in [0.2, 0.25) is 0 Å². The summed E-state index contributed by atoms with van der Waals surface area (Å²) in [7, 11) is 0. The van der Waals surface area contributed by atoms with Gasteiger partial charge in [0, 0.05) is 24.6 Å². The molecule has 2 aliphatic rings. The largest absolute Gasteiger partial charge is 0.396 e. The number of benzene rings is 1. The number of carbonyl (C=O) groups is 1. The molecule has 2 N–H and O–H groups in total. The maximum absolute atomic E-state index is 12.4. The maximum atomic E-state index is 12.4. The monoisotopic (exact) mass is 273 g/mol. The zero-order valence-electron chi connectivity index (χ0n) is 12.1. The van der Waals surface area contributed by atoms with Gasteiger partial charge in [-0.15, -0.1) is 0 Å². The predicted octanol–water partition coefficient (Wildman–Crippen LogP) is 2.23. The minimum Gasteiger partial charge on any atom is -0.396 e. The van der Waals surface area contributed by atoms with Crippen LogP contribution in [0.25, 0.3) is 0 Å². The summed E-state index contributed by atoms with van der Waals surface area (Å²) in [5, 5.41) is 12.4. The van der Waals surface area contributed by atoms with E-state index in [9.17, 15) is 9.90 Å². The Kier molecular flexibility index (Phi) is 3.79. The molecule has 1 unspecified atom stereocenters. The van der Waals surface area contributed by atoms with Gasteiger partial charge in [-0.1, -0.05) is 6.07 Å². The molecule has 0 aromatic heterocycles. The molecule has 20 heavy (non-hydrogen) atoms. The van der Waals surface area contributed by atoms with Crippen molar-refractivity contribution in [3.63, 3.8) is 0 Å². The number of fused-ring (bicyclic) bond motifs is 1. The molecule has 0 saturated heterocycles. The number of aliphatic hydroxyl groups excluding tert-OH is 1. The van der Waals surface area contributed by atoms with Gasteiger partial charge in [-0.25, -0.2) is 0 Å². The topological polar surface area (TPSA) is 49.3 Å². The van der Waals surface area contributed by atoms with E-state index in [1.54, 1.807) is 0 Å². The van der Waals surface area contributed by atoms with E-state index in [1.807, 2.05) is 6.07 Å². The molecule has 1 saturated carbocycles. The van der Waals surface area contributed by atoms with Gasteiger partial charge >= 0.3 is 0 Å². The Balaban J connectivity index is 1.70. The van der Waals surface area contributed by atoms with Gasteiger partial charge in [0.05, 0.1) is 0 Å². The first-order valence-electron chi connectivity index (χ1n) is 7.71. The normalized spacial score (nSPS) is 18.7. The van der Waals surface area contributed by atoms with Crippen molar-refractivity contribution in [1.82, 2.24) is 5.32 Å². The molecule has 2 aliphatic carbocycles. The molecule has 3 heteroatoms. The quantitative estimate of drug-likeness (QED) is 0.864. The first-order chi connectivity index (χ1) is 9.70. The number of amides is 1. The van der Waals surface area contributed by atoms with Crippen molar-refractivity contribution in [3.8, 4) is 0 Å². The molecule has 0 radical (unpaired) electrons. The molecule has 0 spiro atoms. The van der Waals surface area contributed by atoms with Crippen molar-refractivity contribution < 1.29 is 9.90 Å². The first-order valence-corrected chi connectivity index (χ1v) is 7.71. The van der Waals surface area contributed by atoms with Crippen LogP contribution in [0.5, 0.6) is 0 Å². The Morgan fingerprint density at radius 2 is 2.10 bits per heavy atom. The zero-order chi connectivity index (χ0) is 14.1. The molecule has 0 bridgehead atoms. The highest BCUT2D eigenvalue weighted by molar-refractivity contribution is 5.96. The highest BCUT2D eigenvalue weighted by Gasteiger charge is 2.31. The molecule has 1 amide bonds. The van der Waals surface area contributed by atoms with Crippen LogP contribution < -0.4 is 5.32 Å². The average Bonchev–Trinajstić information content (AvgIpc) is 3.16. The highest BCUT2D eigenvalue weighted by Crippen LogP contribution is 2.36. The lowest BCUT2D eigenvalue weighted by atomic mass is 9.98. The van der Waals surface area contributed by atoms with Gasteiger partial charge in [-0.2, -0.15) is 0 Å². The van der Waals surface area contributed by atoms with Crippen molar-refractivity contribution >= 4 is 5.91 Å². The Labute approximate surface area is 120 Å². The number of nitrogens with one attached hydrogen (secondary N) is 1. The SMILES string of the molecule is Cc1ccc(C(=O)NCC(CO)C2CC2)c2c1CCC2. The van der Waals surface area contributed by atoms with Crippen LogP contribution in [0, 0.1) is 18.8 Å². The average molecular weight is 273 g/mol. The first kappa shape index (κ1) is 13.6. The third-order valence-electron chi connectivity index (χ3n) is 4.81. The lowest BCUT2D eigenvalue weighted by molar-refractivity contribution is 0.0935. The van der Waals surface area contributed by atoms with Gasteiger partial charge in [0.25, 0.3) is 5.91 Å². The summed E-state index contributed by atoms with van der Waals surface area (Å²) in [6, 6.07) is 4.02. The maximum Gasteiger partial charge on any atom is 0.251 e. The minimum absolute atomic E-state index is 0.0299. The molecule has 3 nitrogen and oxygen atoms in total. The summed E-state index contributed by atoms with van der Waals surface area (Å²) in [5.41, 5.74) is 4.77. The predicted molar refractivity (Wildman–Crippen MR) is 78.8 cm³/mol. The molecule has 0 heterocycles. The number of rotatable bonds is 5. The zero-order valence-corrected chi connectivity index (χ0v) is 12.1. The molecule has 1 aromatic carbocycles. The van der Waals surface area contributed by atoms with Gasteiger partial charge in [0.1, 0.15) is 0 Å². The molecule has 1 fully saturated rings. The Morgan fingerprint density at radius 3 is 2.80 bits per heavy atom. The molecule has 108 valence electrons. The van der Waals surface area contributed by atoms with Crippen LogP contribution in [0.1, 0.15) is 46.3 Å². The Bertz CT molecular complexity index is 520. The second-order valence-electron chi connectivity index (χ2n) is 6.23. The van der Waals surface area contributed by atoms with Crippen LogP contribution in [-0.2, 0) is 12.8 Å². The van der Waals surface area contributed by atoms with E-state index in [0.717, 1.165) is 24.8 Å². The fourth-order valence-electron chi connectivity index (χ4n) is 3.37. The Morgan fingerprint density at radius 1 is 1.35 bits per heavy atom. The summed E-state index contributed by atoms with van der Waals surface area (Å²) in [5.74, 6) is 0.878. The van der Waals surface area contributed by atoms with Gasteiger partial charge in [0.2, 0.25) is 0 Å². The third-order valence-corrected chi connectivity index (χ3v) is 4.81. The molecule has 0 aliphatic heterocycles. The van der Waals surface area contributed by atoms with Crippen LogP contribution in [0.15, 0.2) is 12.1 Å². The Hall–Kier alpha value is -1.35. The molecule has 3 rings (SSSR count). The number of aryl methyl sites for hydroxylation is 1. The van der Waals surface area contributed by atoms with Gasteiger partial charge in [0.15, 0.2) is 0 Å². The van der Waals surface area contributed by atoms with E-state index in [1.165, 1.54) is 29.5 Å². The molecular formula is C17H23NO2. The second kappa shape index (κ2) is 5.57. The second-order valence-corrected chi connectivity index (χ2v) is 6.23. The van der Waals surface area contributed by atoms with Crippen molar-refractivity contribution in [2.24, 2.45) is 11.8 Å². The van der Waals surface area contributed by atoms with Crippen LogP contribution in [0.3, 0.4) is 0 Å². The van der Waals surface area contributed by atoms with Crippen molar-refractivity contribution in [2.45, 2.75) is 39.0 Å². The van der Waals surface area contributed by atoms with Gasteiger partial charge in [-0.3, -0.25) is 4.79 Å². The summed E-state index contributed by atoms with van der Waals surface area (Å²) in [6.45, 7) is 2.90. The fourth-order valence-corrected chi connectivity index (χ4v) is 3.37. The smallest absolute Gasteiger partial charge is 0.251 e. The molecular weight excluding hydrogens is 250 g/mol. The fraction of sp³-hybridized carbons (Fsp3) is 0.588. The van der Waals surface area contributed by atoms with E-state index in [-0.39, 0.29) is 18.4 Å². The molecule has 1 atom stereocenters. The van der Waals surface area contributed by atoms with Crippen molar-refractivity contribution in [3.05, 3.63) is 34.4 Å². The summed E-state index contributed by atoms with van der Waals surface area (Å²) < 4.78 is 0. The van der Waals surface area contributed by atoms with Gasteiger partial charge < -0.3 is 10.4 Å². The van der Waals surface area contributed by atoms with E-state index in [2.05, 4.69) is 18.3 Å². The lowest BCUT2D eigenvalue weighted by Crippen LogP contribution is -2.32. The highest BCUT2D eigenvalue weighted by atomic mass is 16.3. The van der Waals surface area contributed by atoms with Crippen LogP contribution in [-0.4, -0.2) is 24.2 Å². The van der Waals surface area contributed by atoms with E-state index < -0.39 is 0 Å². The van der Waals surface area contributed by atoms with Gasteiger partial charge in [-0.05, 0) is 67.7 Å². The number of aliphatic hydroxyl groups is 1. The standard InChI is InChI=1S/C17H23NO2/c1-11-5-8-16(15-4-2-3-14(11)15)17(20)18-9-13(10-19)12-6-7-12/h5,8,12-13,19H,2-4,6-7,9-10H2,1H3,(H,18,20). The van der Waals surface area contributed by atoms with E-state index >= 15 is 0 Å². The van der Waals surface area contributed by atoms with Crippen LogP contribution >= 0.6 is 0 Å². The number of hydrogen-bond acceptors (Lipinski definition) is 2. The summed E-state index contributed by atoms with van der Waals surface area (Å²) in [4.78, 5) is 12.4. The number of hydrogen-bond donors (Lipinski definition) is 2. The third kappa shape index (κ3) is 2.59. The molecule has 1 aromatic rings. The number of carbonyl (C=O) groups excluding carboxylic acids is 1. The van der Waals surface area contributed by atoms with E-state index in [4.69, 9.17) is 0 Å².